The van der Waals surface area contributed by atoms with Gasteiger partial charge >= 0.3 is 0 Å². The van der Waals surface area contributed by atoms with Crippen molar-refractivity contribution in [3.8, 4) is 5.75 Å². The second-order valence-electron chi connectivity index (χ2n) is 5.91. The van der Waals surface area contributed by atoms with E-state index in [1.165, 1.54) is 6.08 Å². The van der Waals surface area contributed by atoms with Crippen LogP contribution in [0.5, 0.6) is 5.75 Å². The molecule has 1 aromatic heterocycles. The van der Waals surface area contributed by atoms with E-state index in [1.54, 1.807) is 18.9 Å². The number of anilines is 1. The van der Waals surface area contributed by atoms with Crippen LogP contribution in [0.25, 0.3) is 10.9 Å². The molecule has 0 bridgehead atoms. The SMILES string of the molecule is C=CC(=O)N1CCN(c2cc3cc(C)c(=O)[nH]c3cc2OC)CC1. The molecule has 0 unspecified atom stereocenters. The Morgan fingerprint density at radius 1 is 1.25 bits per heavy atom. The van der Waals surface area contributed by atoms with Gasteiger partial charge in [-0.05, 0) is 25.1 Å². The Bertz CT molecular complexity index is 848. The van der Waals surface area contributed by atoms with Crippen molar-refractivity contribution in [1.29, 1.82) is 0 Å². The molecule has 2 heterocycles. The van der Waals surface area contributed by atoms with Gasteiger partial charge in [-0.1, -0.05) is 6.58 Å². The molecule has 0 atom stereocenters. The van der Waals surface area contributed by atoms with Crippen molar-refractivity contribution in [2.45, 2.75) is 6.92 Å². The van der Waals surface area contributed by atoms with Crippen LogP contribution in [0.4, 0.5) is 5.69 Å². The highest BCUT2D eigenvalue weighted by Gasteiger charge is 2.22. The molecule has 1 N–H and O–H groups in total. The van der Waals surface area contributed by atoms with E-state index in [-0.39, 0.29) is 11.5 Å². The predicted molar refractivity (Wildman–Crippen MR) is 94.8 cm³/mol. The Kier molecular flexibility index (Phi) is 4.29. The maximum absolute atomic E-state index is 11.8. The summed E-state index contributed by atoms with van der Waals surface area (Å²) in [4.78, 5) is 30.4. The van der Waals surface area contributed by atoms with Crippen molar-refractivity contribution in [3.05, 3.63) is 46.8 Å². The first-order chi connectivity index (χ1) is 11.5. The van der Waals surface area contributed by atoms with Gasteiger partial charge in [-0.25, -0.2) is 0 Å². The zero-order valence-electron chi connectivity index (χ0n) is 14.0. The van der Waals surface area contributed by atoms with Crippen LogP contribution in [0.2, 0.25) is 0 Å². The first-order valence-corrected chi connectivity index (χ1v) is 7.91. The number of amides is 1. The summed E-state index contributed by atoms with van der Waals surface area (Å²) in [5.74, 6) is 0.679. The van der Waals surface area contributed by atoms with Gasteiger partial charge in [-0.3, -0.25) is 9.59 Å². The number of pyridine rings is 1. The number of benzene rings is 1. The second-order valence-corrected chi connectivity index (χ2v) is 5.91. The lowest BCUT2D eigenvalue weighted by Gasteiger charge is -2.36. The third kappa shape index (κ3) is 2.87. The number of rotatable bonds is 3. The Hall–Kier alpha value is -2.76. The molecule has 0 aliphatic carbocycles. The molecule has 1 fully saturated rings. The van der Waals surface area contributed by atoms with Crippen molar-refractivity contribution in [3.63, 3.8) is 0 Å². The summed E-state index contributed by atoms with van der Waals surface area (Å²) in [7, 11) is 1.62. The van der Waals surface area contributed by atoms with Crippen LogP contribution in [0.1, 0.15) is 5.56 Å². The minimum atomic E-state index is -0.0890. The molecule has 1 aliphatic rings. The lowest BCUT2D eigenvalue weighted by atomic mass is 10.1. The molecule has 126 valence electrons. The van der Waals surface area contributed by atoms with Gasteiger partial charge in [0.1, 0.15) is 5.75 Å². The number of H-pyrrole nitrogens is 1. The molecule has 3 rings (SSSR count). The fraction of sp³-hybridized carbons (Fsp3) is 0.333. The topological polar surface area (TPSA) is 65.6 Å². The normalized spacial score (nSPS) is 14.8. The van der Waals surface area contributed by atoms with Crippen molar-refractivity contribution < 1.29 is 9.53 Å². The van der Waals surface area contributed by atoms with E-state index in [0.29, 0.717) is 24.4 Å². The molecular weight excluding hydrogens is 306 g/mol. The number of hydrogen-bond donors (Lipinski definition) is 1. The number of nitrogens with one attached hydrogen (secondary N) is 1. The number of fused-ring (bicyclic) bond motifs is 1. The first-order valence-electron chi connectivity index (χ1n) is 7.91. The monoisotopic (exact) mass is 327 g/mol. The van der Waals surface area contributed by atoms with Crippen LogP contribution in [-0.4, -0.2) is 49.1 Å². The number of carbonyl (C=O) groups excluding carboxylic acids is 1. The van der Waals surface area contributed by atoms with E-state index in [9.17, 15) is 9.59 Å². The number of aromatic nitrogens is 1. The zero-order chi connectivity index (χ0) is 17.3. The van der Waals surface area contributed by atoms with Gasteiger partial charge in [-0.15, -0.1) is 0 Å². The van der Waals surface area contributed by atoms with E-state index in [1.807, 2.05) is 18.2 Å². The van der Waals surface area contributed by atoms with E-state index in [0.717, 1.165) is 29.7 Å². The Labute approximate surface area is 140 Å². The quantitative estimate of drug-likeness (QED) is 0.871. The van der Waals surface area contributed by atoms with Crippen LogP contribution < -0.4 is 15.2 Å². The summed E-state index contributed by atoms with van der Waals surface area (Å²) in [6.45, 7) is 8.08. The molecule has 1 aliphatic heterocycles. The Morgan fingerprint density at radius 3 is 2.58 bits per heavy atom. The fourth-order valence-electron chi connectivity index (χ4n) is 3.04. The predicted octanol–water partition coefficient (Wildman–Crippen LogP) is 1.68. The zero-order valence-corrected chi connectivity index (χ0v) is 14.0. The number of hydrogen-bond acceptors (Lipinski definition) is 4. The average molecular weight is 327 g/mol. The molecule has 6 nitrogen and oxygen atoms in total. The fourth-order valence-corrected chi connectivity index (χ4v) is 3.04. The standard InChI is InChI=1S/C18H21N3O3/c1-4-17(22)21-7-5-20(6-8-21)15-10-13-9-12(2)18(23)19-14(13)11-16(15)24-3/h4,9-11H,1,5-8H2,2-3H3,(H,19,23). The molecule has 6 heteroatoms. The number of aryl methyl sites for hydroxylation is 1. The largest absolute Gasteiger partial charge is 0.495 e. The third-order valence-electron chi connectivity index (χ3n) is 4.44. The molecule has 1 saturated heterocycles. The van der Waals surface area contributed by atoms with Crippen molar-refractivity contribution >= 4 is 22.5 Å². The van der Waals surface area contributed by atoms with Crippen molar-refractivity contribution in [2.24, 2.45) is 0 Å². The number of carbonyl (C=O) groups is 1. The van der Waals surface area contributed by atoms with Crippen LogP contribution in [0, 0.1) is 6.92 Å². The minimum absolute atomic E-state index is 0.0340. The van der Waals surface area contributed by atoms with Crippen LogP contribution in [0.15, 0.2) is 35.6 Å². The van der Waals surface area contributed by atoms with Crippen LogP contribution >= 0.6 is 0 Å². The summed E-state index contributed by atoms with van der Waals surface area (Å²) in [6.07, 6.45) is 1.35. The van der Waals surface area contributed by atoms with E-state index in [2.05, 4.69) is 16.5 Å². The average Bonchev–Trinajstić information content (AvgIpc) is 2.61. The highest BCUT2D eigenvalue weighted by Crippen LogP contribution is 2.33. The summed E-state index contributed by atoms with van der Waals surface area (Å²) < 4.78 is 5.51. The van der Waals surface area contributed by atoms with E-state index in [4.69, 9.17) is 4.74 Å². The molecule has 1 aromatic carbocycles. The van der Waals surface area contributed by atoms with Gasteiger partial charge < -0.3 is 19.5 Å². The maximum atomic E-state index is 11.8. The summed E-state index contributed by atoms with van der Waals surface area (Å²) in [6, 6.07) is 5.77. The van der Waals surface area contributed by atoms with Gasteiger partial charge in [-0.2, -0.15) is 0 Å². The number of nitrogens with zero attached hydrogens (tertiary/aromatic N) is 2. The second kappa shape index (κ2) is 6.39. The number of methoxy groups -OCH3 is 1. The highest BCUT2D eigenvalue weighted by atomic mass is 16.5. The van der Waals surface area contributed by atoms with Crippen LogP contribution in [0.3, 0.4) is 0 Å². The molecule has 24 heavy (non-hydrogen) atoms. The molecule has 1 amide bonds. The summed E-state index contributed by atoms with van der Waals surface area (Å²) >= 11 is 0. The van der Waals surface area contributed by atoms with Gasteiger partial charge in [0, 0.05) is 43.2 Å². The van der Waals surface area contributed by atoms with Gasteiger partial charge in [0.25, 0.3) is 5.56 Å². The molecule has 0 saturated carbocycles. The number of ether oxygens (including phenoxy) is 1. The first kappa shape index (κ1) is 16.1. The van der Waals surface area contributed by atoms with Gasteiger partial charge in [0.15, 0.2) is 0 Å². The van der Waals surface area contributed by atoms with E-state index < -0.39 is 0 Å². The van der Waals surface area contributed by atoms with Crippen molar-refractivity contribution in [2.75, 3.05) is 38.2 Å². The maximum Gasteiger partial charge on any atom is 0.251 e. The Balaban J connectivity index is 1.94. The van der Waals surface area contributed by atoms with E-state index >= 15 is 0 Å². The lowest BCUT2D eigenvalue weighted by Crippen LogP contribution is -2.48. The highest BCUT2D eigenvalue weighted by molar-refractivity contribution is 5.88. The van der Waals surface area contributed by atoms with Crippen molar-refractivity contribution in [1.82, 2.24) is 9.88 Å². The molecular formula is C18H21N3O3. The molecule has 0 radical (unpaired) electrons. The summed E-state index contributed by atoms with van der Waals surface area (Å²) in [5.41, 5.74) is 2.32. The van der Waals surface area contributed by atoms with Crippen LogP contribution in [-0.2, 0) is 4.79 Å². The number of aromatic amines is 1. The number of piperazine rings is 1. The molecule has 0 spiro atoms. The smallest absolute Gasteiger partial charge is 0.251 e. The van der Waals surface area contributed by atoms with Gasteiger partial charge in [0.2, 0.25) is 5.91 Å². The third-order valence-corrected chi connectivity index (χ3v) is 4.44. The molecule has 2 aromatic rings. The lowest BCUT2D eigenvalue weighted by molar-refractivity contribution is -0.126. The summed E-state index contributed by atoms with van der Waals surface area (Å²) in [5, 5.41) is 0.965. The Morgan fingerprint density at radius 2 is 1.96 bits per heavy atom. The minimum Gasteiger partial charge on any atom is -0.495 e. The van der Waals surface area contributed by atoms with Gasteiger partial charge in [0.05, 0.1) is 18.3 Å².